The van der Waals surface area contributed by atoms with Gasteiger partial charge in [-0.1, -0.05) is 11.8 Å². The van der Waals surface area contributed by atoms with E-state index in [1.165, 1.54) is 44.6 Å². The Balaban J connectivity index is 2.05. The SMILES string of the molecule is CCOC(=O)C1=C(O)/C(=C\c2cc(O)c(OC)c(OC)c2)SC1=Nc1ccc([N+](=O)[O-])cc1. The van der Waals surface area contributed by atoms with Gasteiger partial charge in [-0.15, -0.1) is 0 Å². The number of nitrogens with zero attached hydrogens (tertiary/aromatic N) is 2. The Bertz CT molecular complexity index is 1190. The molecule has 1 aliphatic heterocycles. The van der Waals surface area contributed by atoms with Crippen LogP contribution in [0.3, 0.4) is 0 Å². The summed E-state index contributed by atoms with van der Waals surface area (Å²) in [6.07, 6.45) is 1.54. The third-order valence-electron chi connectivity index (χ3n) is 4.44. The predicted molar refractivity (Wildman–Crippen MR) is 123 cm³/mol. The number of carbonyl (C=O) groups is 1. The Morgan fingerprint density at radius 2 is 1.88 bits per heavy atom. The number of aliphatic hydroxyl groups excluding tert-OH is 1. The van der Waals surface area contributed by atoms with Crippen LogP contribution < -0.4 is 9.47 Å². The molecule has 0 aromatic heterocycles. The number of aliphatic hydroxyl groups is 1. The predicted octanol–water partition coefficient (Wildman–Crippen LogP) is 4.51. The fourth-order valence-corrected chi connectivity index (χ4v) is 3.99. The van der Waals surface area contributed by atoms with Gasteiger partial charge in [0.15, 0.2) is 11.5 Å². The number of thioether (sulfide) groups is 1. The first-order valence-electron chi connectivity index (χ1n) is 9.57. The number of hydrogen-bond donors (Lipinski definition) is 2. The number of benzene rings is 2. The lowest BCUT2D eigenvalue weighted by molar-refractivity contribution is -0.384. The first-order valence-corrected chi connectivity index (χ1v) is 10.4. The first-order chi connectivity index (χ1) is 15.8. The summed E-state index contributed by atoms with van der Waals surface area (Å²) in [6.45, 7) is 1.72. The zero-order valence-corrected chi connectivity index (χ0v) is 18.7. The molecule has 2 aromatic rings. The summed E-state index contributed by atoms with van der Waals surface area (Å²) in [6, 6.07) is 8.44. The fourth-order valence-electron chi connectivity index (χ4n) is 2.96. The van der Waals surface area contributed by atoms with Crippen molar-refractivity contribution in [1.29, 1.82) is 0 Å². The van der Waals surface area contributed by atoms with E-state index in [4.69, 9.17) is 14.2 Å². The van der Waals surface area contributed by atoms with Crippen molar-refractivity contribution in [1.82, 2.24) is 0 Å². The monoisotopic (exact) mass is 472 g/mol. The lowest BCUT2D eigenvalue weighted by atomic mass is 10.1. The van der Waals surface area contributed by atoms with E-state index in [0.717, 1.165) is 11.8 Å². The Morgan fingerprint density at radius 3 is 2.45 bits per heavy atom. The number of carbonyl (C=O) groups excluding carboxylic acids is 1. The van der Waals surface area contributed by atoms with Gasteiger partial charge in [-0.25, -0.2) is 9.79 Å². The maximum Gasteiger partial charge on any atom is 0.344 e. The molecule has 10 nitrogen and oxygen atoms in total. The molecular formula is C22H20N2O8S. The molecule has 0 radical (unpaired) electrons. The number of nitro groups is 1. The average molecular weight is 472 g/mol. The lowest BCUT2D eigenvalue weighted by Gasteiger charge is -2.10. The highest BCUT2D eigenvalue weighted by molar-refractivity contribution is 8.18. The van der Waals surface area contributed by atoms with Crippen molar-refractivity contribution in [3.8, 4) is 17.2 Å². The second kappa shape index (κ2) is 10.1. The molecule has 0 aliphatic carbocycles. The van der Waals surface area contributed by atoms with Gasteiger partial charge in [-0.05, 0) is 42.8 Å². The smallest absolute Gasteiger partial charge is 0.344 e. The van der Waals surface area contributed by atoms with E-state index in [9.17, 15) is 25.1 Å². The van der Waals surface area contributed by atoms with Gasteiger partial charge in [0.1, 0.15) is 16.4 Å². The molecule has 2 N–H and O–H groups in total. The van der Waals surface area contributed by atoms with E-state index < -0.39 is 10.9 Å². The van der Waals surface area contributed by atoms with Gasteiger partial charge in [-0.2, -0.15) is 0 Å². The molecule has 33 heavy (non-hydrogen) atoms. The summed E-state index contributed by atoms with van der Waals surface area (Å²) in [4.78, 5) is 27.5. The molecule has 2 aromatic carbocycles. The number of nitro benzene ring substituents is 1. The maximum atomic E-state index is 12.5. The van der Waals surface area contributed by atoms with Gasteiger partial charge in [0.25, 0.3) is 5.69 Å². The summed E-state index contributed by atoms with van der Waals surface area (Å²) in [5, 5.41) is 32.0. The number of ether oxygens (including phenoxy) is 3. The largest absolute Gasteiger partial charge is 0.506 e. The molecule has 0 bridgehead atoms. The van der Waals surface area contributed by atoms with Gasteiger partial charge in [0, 0.05) is 12.1 Å². The van der Waals surface area contributed by atoms with Crippen LogP contribution in [0, 0.1) is 10.1 Å². The molecule has 0 saturated heterocycles. The number of phenolic OH excluding ortho intramolecular Hbond substituents is 1. The van der Waals surface area contributed by atoms with Gasteiger partial charge < -0.3 is 24.4 Å². The third kappa shape index (κ3) is 5.09. The standard InChI is InChI=1S/C22H20N2O8S/c1-4-32-22(27)18-19(26)17(11-12-9-15(25)20(31-3)16(10-12)30-2)33-21(18)23-13-5-7-14(8-6-13)24(28)29/h5-11,25-26H,4H2,1-3H3/b17-11+,23-21?. The van der Waals surface area contributed by atoms with E-state index in [-0.39, 0.29) is 50.8 Å². The summed E-state index contributed by atoms with van der Waals surface area (Å²) in [7, 11) is 2.81. The maximum absolute atomic E-state index is 12.5. The Morgan fingerprint density at radius 1 is 1.18 bits per heavy atom. The highest BCUT2D eigenvalue weighted by Gasteiger charge is 2.33. The molecule has 0 unspecified atom stereocenters. The van der Waals surface area contributed by atoms with Crippen molar-refractivity contribution in [3.05, 3.63) is 68.3 Å². The number of hydrogen-bond acceptors (Lipinski definition) is 10. The number of phenols is 1. The molecule has 0 amide bonds. The highest BCUT2D eigenvalue weighted by atomic mass is 32.2. The van der Waals surface area contributed by atoms with Gasteiger partial charge in [0.2, 0.25) is 5.75 Å². The Labute approximate surface area is 193 Å². The van der Waals surface area contributed by atoms with Crippen molar-refractivity contribution >= 4 is 40.2 Å². The topological polar surface area (TPSA) is 141 Å². The minimum absolute atomic E-state index is 0.0910. The summed E-state index contributed by atoms with van der Waals surface area (Å²) in [5.41, 5.74) is 0.591. The second-order valence-corrected chi connectivity index (χ2v) is 7.55. The summed E-state index contributed by atoms with van der Waals surface area (Å²) >= 11 is 1.01. The normalized spacial score (nSPS) is 15.7. The quantitative estimate of drug-likeness (QED) is 0.338. The van der Waals surface area contributed by atoms with Crippen molar-refractivity contribution in [2.75, 3.05) is 20.8 Å². The van der Waals surface area contributed by atoms with Crippen LogP contribution in [0.1, 0.15) is 12.5 Å². The molecule has 1 aliphatic rings. The Hall–Kier alpha value is -3.99. The van der Waals surface area contributed by atoms with E-state index in [1.54, 1.807) is 19.1 Å². The molecule has 11 heteroatoms. The number of esters is 1. The van der Waals surface area contributed by atoms with E-state index in [2.05, 4.69) is 4.99 Å². The van der Waals surface area contributed by atoms with Crippen LogP contribution in [0.5, 0.6) is 17.2 Å². The zero-order chi connectivity index (χ0) is 24.1. The second-order valence-electron chi connectivity index (χ2n) is 6.52. The highest BCUT2D eigenvalue weighted by Crippen LogP contribution is 2.42. The first kappa shape index (κ1) is 23.7. The molecule has 0 fully saturated rings. The van der Waals surface area contributed by atoms with Crippen LogP contribution in [-0.4, -0.2) is 47.0 Å². The minimum atomic E-state index is -0.762. The molecule has 3 rings (SSSR count). The van der Waals surface area contributed by atoms with Crippen LogP contribution in [0.25, 0.3) is 6.08 Å². The van der Waals surface area contributed by atoms with Crippen molar-refractivity contribution < 1.29 is 34.1 Å². The molecule has 172 valence electrons. The van der Waals surface area contributed by atoms with Crippen LogP contribution in [0.4, 0.5) is 11.4 Å². The lowest BCUT2D eigenvalue weighted by Crippen LogP contribution is -2.12. The number of aliphatic imine (C=N–C) groups is 1. The number of methoxy groups -OCH3 is 2. The van der Waals surface area contributed by atoms with E-state index in [1.807, 2.05) is 0 Å². The number of rotatable bonds is 7. The van der Waals surface area contributed by atoms with E-state index in [0.29, 0.717) is 11.3 Å². The number of non-ortho nitro benzene ring substituents is 1. The van der Waals surface area contributed by atoms with Crippen LogP contribution in [0.2, 0.25) is 0 Å². The van der Waals surface area contributed by atoms with Crippen molar-refractivity contribution in [2.24, 2.45) is 4.99 Å². The molecule has 0 atom stereocenters. The molecule has 0 spiro atoms. The molecule has 0 saturated carbocycles. The van der Waals surface area contributed by atoms with E-state index >= 15 is 0 Å². The zero-order valence-electron chi connectivity index (χ0n) is 17.9. The minimum Gasteiger partial charge on any atom is -0.506 e. The van der Waals surface area contributed by atoms with Crippen LogP contribution in [0.15, 0.2) is 57.6 Å². The van der Waals surface area contributed by atoms with Crippen molar-refractivity contribution in [2.45, 2.75) is 6.92 Å². The average Bonchev–Trinajstić information content (AvgIpc) is 3.08. The number of aromatic hydroxyl groups is 1. The summed E-state index contributed by atoms with van der Waals surface area (Å²) in [5.74, 6) is -0.831. The van der Waals surface area contributed by atoms with Crippen LogP contribution >= 0.6 is 11.8 Å². The van der Waals surface area contributed by atoms with Gasteiger partial charge in [0.05, 0.1) is 36.3 Å². The van der Waals surface area contributed by atoms with Crippen LogP contribution in [-0.2, 0) is 9.53 Å². The molecular weight excluding hydrogens is 452 g/mol. The van der Waals surface area contributed by atoms with Crippen molar-refractivity contribution in [3.63, 3.8) is 0 Å². The fraction of sp³-hybridized carbons (Fsp3) is 0.182. The van der Waals surface area contributed by atoms with Gasteiger partial charge >= 0.3 is 5.97 Å². The third-order valence-corrected chi connectivity index (χ3v) is 5.46. The van der Waals surface area contributed by atoms with Gasteiger partial charge in [-0.3, -0.25) is 10.1 Å². The summed E-state index contributed by atoms with van der Waals surface area (Å²) < 4.78 is 15.4. The molecule has 1 heterocycles. The Kier molecular flexibility index (Phi) is 7.23.